The Hall–Kier alpha value is -2.58. The number of carbonyl (C=O) groups is 1. The lowest BCUT2D eigenvalue weighted by molar-refractivity contribution is -0.125. The van der Waals surface area contributed by atoms with Crippen LogP contribution >= 0.6 is 11.3 Å². The molecule has 1 saturated heterocycles. The van der Waals surface area contributed by atoms with Gasteiger partial charge in [0.15, 0.2) is 0 Å². The van der Waals surface area contributed by atoms with Gasteiger partial charge >= 0.3 is 0 Å². The van der Waals surface area contributed by atoms with Crippen molar-refractivity contribution in [2.24, 2.45) is 5.92 Å². The van der Waals surface area contributed by atoms with Gasteiger partial charge in [-0.1, -0.05) is 26.0 Å². The van der Waals surface area contributed by atoms with Crippen LogP contribution in [-0.2, 0) is 4.79 Å². The first-order chi connectivity index (χ1) is 16.1. The Morgan fingerprint density at radius 2 is 1.91 bits per heavy atom. The summed E-state index contributed by atoms with van der Waals surface area (Å²) in [6, 6.07) is 6.55. The minimum Gasteiger partial charge on any atom is -0.356 e. The first kappa shape index (κ1) is 23.6. The van der Waals surface area contributed by atoms with Crippen LogP contribution in [0.1, 0.15) is 33.1 Å². The third-order valence-corrected chi connectivity index (χ3v) is 7.40. The molecule has 0 atom stereocenters. The van der Waals surface area contributed by atoms with E-state index in [1.165, 1.54) is 12.1 Å². The molecule has 1 amide bonds. The normalized spacial score (nSPS) is 14.8. The molecule has 6 nitrogen and oxygen atoms in total. The van der Waals surface area contributed by atoms with Gasteiger partial charge in [0.05, 0.1) is 5.39 Å². The second-order valence-electron chi connectivity index (χ2n) is 8.47. The Morgan fingerprint density at radius 3 is 2.61 bits per heavy atom. The molecule has 0 saturated carbocycles. The van der Waals surface area contributed by atoms with Crippen LogP contribution < -0.4 is 10.2 Å². The molecule has 0 bridgehead atoms. The second-order valence-corrected chi connectivity index (χ2v) is 9.32. The van der Waals surface area contributed by atoms with Crippen LogP contribution in [-0.4, -0.2) is 60.0 Å². The quantitative estimate of drug-likeness (QED) is 0.466. The lowest BCUT2D eigenvalue weighted by atomic mass is 9.95. The highest BCUT2D eigenvalue weighted by Gasteiger charge is 2.27. The van der Waals surface area contributed by atoms with Crippen molar-refractivity contribution < 1.29 is 9.18 Å². The van der Waals surface area contributed by atoms with Crippen molar-refractivity contribution in [3.05, 3.63) is 41.8 Å². The first-order valence-electron chi connectivity index (χ1n) is 11.8. The number of benzene rings is 1. The molecule has 176 valence electrons. The standard InChI is InChI=1S/C25H32FN5OS/c1-3-30(4-2)13-5-12-27-24(32)19-10-14-31(15-11-19)23-22-21(16-33-25(22)29-17-28-23)18-6-8-20(26)9-7-18/h6-9,16-17,19H,3-5,10-15H2,1-2H3,(H,27,32). The molecule has 1 aliphatic heterocycles. The zero-order valence-electron chi connectivity index (χ0n) is 19.4. The summed E-state index contributed by atoms with van der Waals surface area (Å²) in [7, 11) is 0. The maximum Gasteiger partial charge on any atom is 0.223 e. The molecule has 1 fully saturated rings. The van der Waals surface area contributed by atoms with Crippen LogP contribution in [0.2, 0.25) is 0 Å². The number of amides is 1. The molecule has 0 spiro atoms. The number of anilines is 1. The maximum atomic E-state index is 13.4. The van der Waals surface area contributed by atoms with Crippen LogP contribution in [0.4, 0.5) is 10.2 Å². The molecule has 3 aromatic rings. The monoisotopic (exact) mass is 469 g/mol. The average Bonchev–Trinajstić information content (AvgIpc) is 3.29. The predicted molar refractivity (Wildman–Crippen MR) is 133 cm³/mol. The van der Waals surface area contributed by atoms with Crippen molar-refractivity contribution in [3.63, 3.8) is 0 Å². The van der Waals surface area contributed by atoms with E-state index in [0.717, 1.165) is 85.7 Å². The van der Waals surface area contributed by atoms with Crippen LogP contribution in [0.25, 0.3) is 21.3 Å². The lowest BCUT2D eigenvalue weighted by Gasteiger charge is -2.32. The largest absolute Gasteiger partial charge is 0.356 e. The number of carbonyl (C=O) groups excluding carboxylic acids is 1. The Bertz CT molecular complexity index is 1060. The van der Waals surface area contributed by atoms with Crippen molar-refractivity contribution in [1.82, 2.24) is 20.2 Å². The van der Waals surface area contributed by atoms with E-state index in [1.807, 2.05) is 0 Å². The van der Waals surface area contributed by atoms with Gasteiger partial charge in [-0.15, -0.1) is 11.3 Å². The highest BCUT2D eigenvalue weighted by atomic mass is 32.1. The molecule has 4 rings (SSSR count). The molecule has 8 heteroatoms. The van der Waals surface area contributed by atoms with Crippen LogP contribution in [0.5, 0.6) is 0 Å². The SMILES string of the molecule is CCN(CC)CCCNC(=O)C1CCN(c2ncnc3scc(-c4ccc(F)cc4)c23)CC1. The van der Waals surface area contributed by atoms with Crippen LogP contribution in [0, 0.1) is 11.7 Å². The summed E-state index contributed by atoms with van der Waals surface area (Å²) in [6.07, 6.45) is 4.21. The average molecular weight is 470 g/mol. The topological polar surface area (TPSA) is 61.4 Å². The van der Waals surface area contributed by atoms with E-state index in [1.54, 1.807) is 29.8 Å². The fourth-order valence-corrected chi connectivity index (χ4v) is 5.40. The molecule has 0 aliphatic carbocycles. The van der Waals surface area contributed by atoms with E-state index in [4.69, 9.17) is 0 Å². The van der Waals surface area contributed by atoms with Gasteiger partial charge < -0.3 is 15.1 Å². The van der Waals surface area contributed by atoms with E-state index < -0.39 is 0 Å². The number of hydrogen-bond acceptors (Lipinski definition) is 6. The smallest absolute Gasteiger partial charge is 0.223 e. The minimum atomic E-state index is -0.247. The fraction of sp³-hybridized carbons (Fsp3) is 0.480. The number of fused-ring (bicyclic) bond motifs is 1. The molecular weight excluding hydrogens is 437 g/mol. The van der Waals surface area contributed by atoms with E-state index in [2.05, 4.69) is 44.3 Å². The number of piperidine rings is 1. The van der Waals surface area contributed by atoms with Crippen molar-refractivity contribution >= 4 is 33.3 Å². The van der Waals surface area contributed by atoms with Gasteiger partial charge in [-0.2, -0.15) is 0 Å². The molecule has 33 heavy (non-hydrogen) atoms. The van der Waals surface area contributed by atoms with Crippen LogP contribution in [0.15, 0.2) is 36.0 Å². The molecule has 3 heterocycles. The molecule has 1 N–H and O–H groups in total. The van der Waals surface area contributed by atoms with Crippen molar-refractivity contribution in [2.45, 2.75) is 33.1 Å². The third-order valence-electron chi connectivity index (χ3n) is 6.52. The fourth-order valence-electron chi connectivity index (χ4n) is 4.49. The number of hydrogen-bond donors (Lipinski definition) is 1. The summed E-state index contributed by atoms with van der Waals surface area (Å²) in [4.78, 5) is 27.3. The molecule has 1 aromatic carbocycles. The third kappa shape index (κ3) is 5.50. The maximum absolute atomic E-state index is 13.4. The summed E-state index contributed by atoms with van der Waals surface area (Å²) in [5.41, 5.74) is 1.98. The Morgan fingerprint density at radius 1 is 1.18 bits per heavy atom. The highest BCUT2D eigenvalue weighted by molar-refractivity contribution is 7.17. The predicted octanol–water partition coefficient (Wildman–Crippen LogP) is 4.56. The molecule has 0 radical (unpaired) electrons. The number of halogens is 1. The number of nitrogens with zero attached hydrogens (tertiary/aromatic N) is 4. The van der Waals surface area contributed by atoms with E-state index >= 15 is 0 Å². The molecule has 0 unspecified atom stereocenters. The Balaban J connectivity index is 1.39. The van der Waals surface area contributed by atoms with Crippen molar-refractivity contribution in [1.29, 1.82) is 0 Å². The van der Waals surface area contributed by atoms with Gasteiger partial charge in [-0.25, -0.2) is 14.4 Å². The van der Waals surface area contributed by atoms with Crippen LogP contribution in [0.3, 0.4) is 0 Å². The second kappa shape index (κ2) is 11.0. The summed E-state index contributed by atoms with van der Waals surface area (Å²) in [5, 5.41) is 6.20. The van der Waals surface area contributed by atoms with Crippen molar-refractivity contribution in [2.75, 3.05) is 44.2 Å². The van der Waals surface area contributed by atoms with Crippen molar-refractivity contribution in [3.8, 4) is 11.1 Å². The summed E-state index contributed by atoms with van der Waals surface area (Å²) in [6.45, 7) is 9.74. The minimum absolute atomic E-state index is 0.0473. The number of aromatic nitrogens is 2. The van der Waals surface area contributed by atoms with E-state index in [0.29, 0.717) is 0 Å². The zero-order valence-corrected chi connectivity index (χ0v) is 20.2. The zero-order chi connectivity index (χ0) is 23.2. The molecule has 2 aromatic heterocycles. The highest BCUT2D eigenvalue weighted by Crippen LogP contribution is 2.38. The molecular formula is C25H32FN5OS. The number of nitrogens with one attached hydrogen (secondary N) is 1. The number of rotatable bonds is 9. The van der Waals surface area contributed by atoms with Gasteiger partial charge in [0.1, 0.15) is 22.8 Å². The molecule has 1 aliphatic rings. The van der Waals surface area contributed by atoms with Gasteiger partial charge in [-0.05, 0) is 56.6 Å². The summed E-state index contributed by atoms with van der Waals surface area (Å²) in [5.74, 6) is 0.873. The Kier molecular flexibility index (Phi) is 7.88. The summed E-state index contributed by atoms with van der Waals surface area (Å²) < 4.78 is 13.4. The lowest BCUT2D eigenvalue weighted by Crippen LogP contribution is -2.41. The first-order valence-corrected chi connectivity index (χ1v) is 12.7. The van der Waals surface area contributed by atoms with E-state index in [9.17, 15) is 9.18 Å². The van der Waals surface area contributed by atoms with E-state index in [-0.39, 0.29) is 17.6 Å². The number of thiophene rings is 1. The van der Waals surface area contributed by atoms with Gasteiger partial charge in [0.25, 0.3) is 0 Å². The summed E-state index contributed by atoms with van der Waals surface area (Å²) >= 11 is 1.57. The van der Waals surface area contributed by atoms with Gasteiger partial charge in [0, 0.05) is 36.5 Å². The van der Waals surface area contributed by atoms with Gasteiger partial charge in [-0.3, -0.25) is 4.79 Å². The Labute approximate surface area is 198 Å². The van der Waals surface area contributed by atoms with Gasteiger partial charge in [0.2, 0.25) is 5.91 Å².